The van der Waals surface area contributed by atoms with Gasteiger partial charge in [0.05, 0.1) is 12.2 Å². The maximum atomic E-state index is 11.4. The van der Waals surface area contributed by atoms with Crippen molar-refractivity contribution in [2.75, 3.05) is 6.61 Å². The van der Waals surface area contributed by atoms with Crippen LogP contribution in [0.4, 0.5) is 0 Å². The van der Waals surface area contributed by atoms with Crippen molar-refractivity contribution in [1.29, 1.82) is 0 Å². The van der Waals surface area contributed by atoms with Crippen molar-refractivity contribution in [3.05, 3.63) is 23.2 Å². The monoisotopic (exact) mass is 180 g/mol. The minimum Gasteiger partial charge on any atom is -0.466 e. The van der Waals surface area contributed by atoms with E-state index < -0.39 is 0 Å². The van der Waals surface area contributed by atoms with Crippen LogP contribution in [0.3, 0.4) is 0 Å². The van der Waals surface area contributed by atoms with Crippen LogP contribution in [0, 0.1) is 0 Å². The van der Waals surface area contributed by atoms with E-state index in [2.05, 4.69) is 0 Å². The Hall–Kier alpha value is -1.25. The van der Waals surface area contributed by atoms with Gasteiger partial charge in [0.25, 0.3) is 0 Å². The number of carbonyl (C=O) groups is 1. The summed E-state index contributed by atoms with van der Waals surface area (Å²) >= 11 is 0. The second-order valence-corrected chi connectivity index (χ2v) is 3.18. The summed E-state index contributed by atoms with van der Waals surface area (Å²) in [5.41, 5.74) is 0.714. The van der Waals surface area contributed by atoms with Crippen molar-refractivity contribution in [2.45, 2.75) is 26.2 Å². The van der Waals surface area contributed by atoms with Gasteiger partial charge in [-0.05, 0) is 19.4 Å². The van der Waals surface area contributed by atoms with E-state index in [1.165, 1.54) is 0 Å². The zero-order valence-electron chi connectivity index (χ0n) is 7.63. The molecule has 2 rings (SSSR count). The van der Waals surface area contributed by atoms with Gasteiger partial charge in [0.1, 0.15) is 11.5 Å². The molecular formula is C10H12O3. The van der Waals surface area contributed by atoms with Crippen LogP contribution in [0.5, 0.6) is 0 Å². The van der Waals surface area contributed by atoms with Crippen molar-refractivity contribution < 1.29 is 14.3 Å². The summed E-state index contributed by atoms with van der Waals surface area (Å²) in [4.78, 5) is 11.4. The average Bonchev–Trinajstić information content (AvgIpc) is 2.48. The zero-order valence-corrected chi connectivity index (χ0v) is 7.63. The summed E-state index contributed by atoms with van der Waals surface area (Å²) in [5.74, 6) is 1.48. The highest BCUT2D eigenvalue weighted by Gasteiger charge is 2.28. The highest BCUT2D eigenvalue weighted by molar-refractivity contribution is 5.90. The molecule has 0 fully saturated rings. The molecule has 0 spiro atoms. The predicted molar refractivity (Wildman–Crippen MR) is 46.7 cm³/mol. The van der Waals surface area contributed by atoms with Crippen LogP contribution in [0.25, 0.3) is 0 Å². The fourth-order valence-corrected chi connectivity index (χ4v) is 1.56. The molecule has 0 aromatic heterocycles. The van der Waals surface area contributed by atoms with Gasteiger partial charge in [0, 0.05) is 12.8 Å². The average molecular weight is 180 g/mol. The molecule has 2 aliphatic rings. The van der Waals surface area contributed by atoms with E-state index in [9.17, 15) is 4.79 Å². The highest BCUT2D eigenvalue weighted by Crippen LogP contribution is 2.33. The lowest BCUT2D eigenvalue weighted by atomic mass is 10.1. The molecule has 70 valence electrons. The first kappa shape index (κ1) is 8.35. The van der Waals surface area contributed by atoms with Crippen LogP contribution >= 0.6 is 0 Å². The first-order valence-electron chi connectivity index (χ1n) is 4.53. The number of rotatable bonds is 0. The summed E-state index contributed by atoms with van der Waals surface area (Å²) < 4.78 is 10.5. The summed E-state index contributed by atoms with van der Waals surface area (Å²) in [6.45, 7) is 2.42. The van der Waals surface area contributed by atoms with Crippen molar-refractivity contribution in [3.8, 4) is 0 Å². The third-order valence-electron chi connectivity index (χ3n) is 2.29. The zero-order chi connectivity index (χ0) is 9.26. The van der Waals surface area contributed by atoms with E-state index >= 15 is 0 Å². The fourth-order valence-electron chi connectivity index (χ4n) is 1.56. The summed E-state index contributed by atoms with van der Waals surface area (Å²) in [6, 6.07) is 0. The van der Waals surface area contributed by atoms with Gasteiger partial charge in [-0.1, -0.05) is 0 Å². The van der Waals surface area contributed by atoms with Crippen molar-refractivity contribution >= 4 is 5.97 Å². The summed E-state index contributed by atoms with van der Waals surface area (Å²) in [6.07, 6.45) is 4.17. The van der Waals surface area contributed by atoms with E-state index in [1.54, 1.807) is 0 Å². The summed E-state index contributed by atoms with van der Waals surface area (Å²) in [7, 11) is 0. The molecule has 0 aromatic rings. The third-order valence-corrected chi connectivity index (χ3v) is 2.29. The number of cyclic esters (lactones) is 1. The Kier molecular flexibility index (Phi) is 2.08. The molecule has 3 nitrogen and oxygen atoms in total. The van der Waals surface area contributed by atoms with Crippen LogP contribution in [-0.4, -0.2) is 12.6 Å². The van der Waals surface area contributed by atoms with Gasteiger partial charge >= 0.3 is 5.97 Å². The third kappa shape index (κ3) is 1.46. The number of allylic oxidation sites excluding steroid dienone is 3. The Balaban J connectivity index is 2.24. The normalized spacial score (nSPS) is 25.3. The minimum absolute atomic E-state index is 0.204. The lowest BCUT2D eigenvalue weighted by Gasteiger charge is -2.02. The quantitative estimate of drug-likeness (QED) is 0.534. The highest BCUT2D eigenvalue weighted by atomic mass is 16.5. The molecule has 2 aliphatic heterocycles. The molecule has 3 heteroatoms. The second kappa shape index (κ2) is 3.24. The van der Waals surface area contributed by atoms with Gasteiger partial charge in [-0.15, -0.1) is 0 Å². The van der Waals surface area contributed by atoms with Crippen LogP contribution in [0.2, 0.25) is 0 Å². The standard InChI is InChI=1S/C10H12O3/c1-2-7-6-8-9(13-7)4-3-5-12-10(8)11/h2H,3-6H2,1H3/b7-2-. The second-order valence-electron chi connectivity index (χ2n) is 3.18. The van der Waals surface area contributed by atoms with E-state index in [0.717, 1.165) is 24.4 Å². The Bertz CT molecular complexity index is 299. The number of esters is 1. The molecule has 0 bridgehead atoms. The van der Waals surface area contributed by atoms with Gasteiger partial charge in [-0.25, -0.2) is 4.79 Å². The molecule has 0 saturated heterocycles. The van der Waals surface area contributed by atoms with Crippen LogP contribution in [0.1, 0.15) is 26.2 Å². The van der Waals surface area contributed by atoms with Crippen molar-refractivity contribution in [1.82, 2.24) is 0 Å². The lowest BCUT2D eigenvalue weighted by Crippen LogP contribution is -2.05. The molecule has 0 atom stereocenters. The van der Waals surface area contributed by atoms with Crippen LogP contribution in [-0.2, 0) is 14.3 Å². The molecule has 0 N–H and O–H groups in total. The first-order valence-corrected chi connectivity index (χ1v) is 4.53. The Morgan fingerprint density at radius 1 is 1.46 bits per heavy atom. The molecule has 0 aliphatic carbocycles. The van der Waals surface area contributed by atoms with E-state index in [4.69, 9.17) is 9.47 Å². The van der Waals surface area contributed by atoms with Crippen molar-refractivity contribution in [3.63, 3.8) is 0 Å². The molecular weight excluding hydrogens is 168 g/mol. The molecule has 0 aromatic carbocycles. The lowest BCUT2D eigenvalue weighted by molar-refractivity contribution is -0.138. The van der Waals surface area contributed by atoms with Crippen LogP contribution < -0.4 is 0 Å². The maximum Gasteiger partial charge on any atom is 0.337 e. The number of carbonyl (C=O) groups excluding carboxylic acids is 1. The molecule has 13 heavy (non-hydrogen) atoms. The predicted octanol–water partition coefficient (Wildman–Crippen LogP) is 1.90. The molecule has 0 unspecified atom stereocenters. The van der Waals surface area contributed by atoms with Crippen molar-refractivity contribution in [2.24, 2.45) is 0 Å². The summed E-state index contributed by atoms with van der Waals surface area (Å²) in [5, 5.41) is 0. The number of hydrogen-bond acceptors (Lipinski definition) is 3. The van der Waals surface area contributed by atoms with Crippen LogP contribution in [0.15, 0.2) is 23.2 Å². The molecule has 0 saturated carbocycles. The first-order chi connectivity index (χ1) is 6.31. The van der Waals surface area contributed by atoms with E-state index in [0.29, 0.717) is 18.6 Å². The molecule has 0 amide bonds. The number of ether oxygens (including phenoxy) is 2. The smallest absolute Gasteiger partial charge is 0.337 e. The topological polar surface area (TPSA) is 35.5 Å². The van der Waals surface area contributed by atoms with Gasteiger partial charge in [0.2, 0.25) is 0 Å². The van der Waals surface area contributed by atoms with Gasteiger partial charge in [-0.3, -0.25) is 0 Å². The number of hydrogen-bond donors (Lipinski definition) is 0. The SMILES string of the molecule is C/C=C1/CC2=C(CCCOC2=O)O1. The molecule has 2 heterocycles. The van der Waals surface area contributed by atoms with Gasteiger partial charge < -0.3 is 9.47 Å². The fraction of sp³-hybridized carbons (Fsp3) is 0.500. The van der Waals surface area contributed by atoms with Gasteiger partial charge in [0.15, 0.2) is 0 Å². The van der Waals surface area contributed by atoms with E-state index in [-0.39, 0.29) is 5.97 Å². The Morgan fingerprint density at radius 3 is 3.08 bits per heavy atom. The van der Waals surface area contributed by atoms with Gasteiger partial charge in [-0.2, -0.15) is 0 Å². The Morgan fingerprint density at radius 2 is 2.31 bits per heavy atom. The molecule has 0 radical (unpaired) electrons. The Labute approximate surface area is 77.0 Å². The maximum absolute atomic E-state index is 11.4. The minimum atomic E-state index is -0.204. The van der Waals surface area contributed by atoms with E-state index in [1.807, 2.05) is 13.0 Å². The largest absolute Gasteiger partial charge is 0.466 e.